The lowest BCUT2D eigenvalue weighted by Crippen LogP contribution is -2.48. The highest BCUT2D eigenvalue weighted by atomic mass is 127. The highest BCUT2D eigenvalue weighted by Gasteiger charge is 2.43. The van der Waals surface area contributed by atoms with Crippen LogP contribution in [0.5, 0.6) is 11.5 Å². The van der Waals surface area contributed by atoms with Gasteiger partial charge in [-0.05, 0) is 71.7 Å². The first kappa shape index (κ1) is 28.6. The van der Waals surface area contributed by atoms with Crippen molar-refractivity contribution in [2.45, 2.75) is 50.5 Å². The number of hydrogen-bond acceptors (Lipinski definition) is 5. The summed E-state index contributed by atoms with van der Waals surface area (Å²) >= 11 is 2.27. The van der Waals surface area contributed by atoms with Crippen molar-refractivity contribution in [3.05, 3.63) is 122 Å². The highest BCUT2D eigenvalue weighted by Crippen LogP contribution is 2.46. The van der Waals surface area contributed by atoms with E-state index in [1.165, 1.54) is 4.31 Å². The Morgan fingerprint density at radius 1 is 0.875 bits per heavy atom. The minimum absolute atomic E-state index is 0.205. The molecule has 0 radical (unpaired) electrons. The van der Waals surface area contributed by atoms with Crippen LogP contribution in [0.15, 0.2) is 95.9 Å². The number of ether oxygens (including phenoxy) is 2. The Morgan fingerprint density at radius 2 is 1.43 bits per heavy atom. The third kappa shape index (κ3) is 5.90. The van der Waals surface area contributed by atoms with E-state index >= 15 is 0 Å². The molecule has 0 spiro atoms. The normalized spacial score (nSPS) is 17.3. The lowest BCUT2D eigenvalue weighted by Gasteiger charge is -2.41. The number of hydrogen-bond donors (Lipinski definition) is 1. The summed E-state index contributed by atoms with van der Waals surface area (Å²) in [6.07, 6.45) is 0.337. The van der Waals surface area contributed by atoms with Gasteiger partial charge in [0.1, 0.15) is 24.7 Å². The molecule has 8 heteroatoms. The Hall–Kier alpha value is -2.92. The average Bonchev–Trinajstić information content (AvgIpc) is 2.97. The van der Waals surface area contributed by atoms with Crippen LogP contribution in [0.2, 0.25) is 0 Å². The fraction of sp³-hybridized carbons (Fsp3) is 0.250. The second-order valence-electron chi connectivity index (χ2n) is 9.99. The lowest BCUT2D eigenvalue weighted by molar-refractivity contribution is 0.147. The van der Waals surface area contributed by atoms with Crippen molar-refractivity contribution in [2.75, 3.05) is 6.61 Å². The van der Waals surface area contributed by atoms with E-state index in [9.17, 15) is 13.5 Å². The zero-order valence-corrected chi connectivity index (χ0v) is 25.4. The molecule has 40 heavy (non-hydrogen) atoms. The van der Waals surface area contributed by atoms with Crippen molar-refractivity contribution < 1.29 is 23.0 Å². The first-order valence-corrected chi connectivity index (χ1v) is 15.7. The molecule has 0 amide bonds. The Morgan fingerprint density at radius 3 is 1.98 bits per heavy atom. The van der Waals surface area contributed by atoms with Crippen LogP contribution in [0.3, 0.4) is 0 Å². The fourth-order valence-electron chi connectivity index (χ4n) is 5.18. The third-order valence-electron chi connectivity index (χ3n) is 7.21. The van der Waals surface area contributed by atoms with Gasteiger partial charge in [0, 0.05) is 11.6 Å². The SMILES string of the molecule is Cc1ccc(S(=O)(=O)N2[C@H](CO)Cc3c(I)c(OCc4ccccc4)cc(OCc4ccccc4)c3[C@@H]2C)cc1. The van der Waals surface area contributed by atoms with E-state index in [1.54, 1.807) is 24.3 Å². The quantitative estimate of drug-likeness (QED) is 0.208. The van der Waals surface area contributed by atoms with Crippen molar-refractivity contribution in [3.8, 4) is 11.5 Å². The summed E-state index contributed by atoms with van der Waals surface area (Å²) in [7, 11) is -3.90. The van der Waals surface area contributed by atoms with Gasteiger partial charge in [0.05, 0.1) is 27.2 Å². The molecule has 208 valence electrons. The molecule has 4 aromatic rings. The molecule has 5 rings (SSSR count). The Labute approximate surface area is 249 Å². The summed E-state index contributed by atoms with van der Waals surface area (Å²) in [4.78, 5) is 0.205. The summed E-state index contributed by atoms with van der Waals surface area (Å²) in [5, 5.41) is 10.4. The number of aliphatic hydroxyl groups excluding tert-OH is 1. The van der Waals surface area contributed by atoms with Crippen LogP contribution in [-0.4, -0.2) is 30.5 Å². The maximum atomic E-state index is 13.9. The van der Waals surface area contributed by atoms with E-state index in [-0.39, 0.29) is 11.5 Å². The fourth-order valence-corrected chi connectivity index (χ4v) is 7.78. The van der Waals surface area contributed by atoms with Crippen LogP contribution in [-0.2, 0) is 29.7 Å². The Kier molecular flexibility index (Phi) is 8.80. The molecule has 0 saturated heterocycles. The maximum Gasteiger partial charge on any atom is 0.243 e. The summed E-state index contributed by atoms with van der Waals surface area (Å²) in [6, 6.07) is 27.3. The molecule has 1 aliphatic heterocycles. The van der Waals surface area contributed by atoms with Crippen molar-refractivity contribution in [1.82, 2.24) is 4.31 Å². The molecule has 1 heterocycles. The zero-order valence-electron chi connectivity index (χ0n) is 22.5. The van der Waals surface area contributed by atoms with E-state index in [4.69, 9.17) is 9.47 Å². The van der Waals surface area contributed by atoms with Crippen LogP contribution in [0, 0.1) is 10.5 Å². The number of halogens is 1. The molecule has 1 aliphatic rings. The topological polar surface area (TPSA) is 76.1 Å². The molecule has 6 nitrogen and oxygen atoms in total. The molecule has 0 unspecified atom stereocenters. The van der Waals surface area contributed by atoms with Gasteiger partial charge in [-0.25, -0.2) is 8.42 Å². The van der Waals surface area contributed by atoms with Gasteiger partial charge >= 0.3 is 0 Å². The van der Waals surface area contributed by atoms with Gasteiger partial charge < -0.3 is 14.6 Å². The number of aliphatic hydroxyl groups is 1. The summed E-state index contributed by atoms with van der Waals surface area (Å²) in [5.74, 6) is 1.25. The van der Waals surface area contributed by atoms with Gasteiger partial charge in [-0.2, -0.15) is 4.31 Å². The molecule has 0 saturated carbocycles. The van der Waals surface area contributed by atoms with Crippen LogP contribution in [0.1, 0.15) is 40.8 Å². The van der Waals surface area contributed by atoms with Crippen LogP contribution in [0.4, 0.5) is 0 Å². The standard InChI is InChI=1S/C32H32INO5S/c1-22-13-15-27(16-14-22)40(36,37)34-23(2)31-28(17-26(34)19-35)32(33)30(39-21-25-11-7-4-8-12-25)18-29(31)38-20-24-9-5-3-6-10-24/h3-16,18,23,26,35H,17,19-21H2,1-2H3/t23-,26-/m0/s1. The molecular weight excluding hydrogens is 637 g/mol. The summed E-state index contributed by atoms with van der Waals surface area (Å²) < 4.78 is 42.9. The minimum atomic E-state index is -3.90. The number of aryl methyl sites for hydroxylation is 1. The number of rotatable bonds is 9. The zero-order chi connectivity index (χ0) is 28.3. The second kappa shape index (κ2) is 12.3. The van der Waals surface area contributed by atoms with Crippen molar-refractivity contribution in [3.63, 3.8) is 0 Å². The number of sulfonamides is 1. The van der Waals surface area contributed by atoms with Gasteiger partial charge in [-0.3, -0.25) is 0 Å². The van der Waals surface area contributed by atoms with Crippen LogP contribution in [0.25, 0.3) is 0 Å². The average molecular weight is 670 g/mol. The first-order chi connectivity index (χ1) is 19.3. The van der Waals surface area contributed by atoms with Crippen molar-refractivity contribution in [1.29, 1.82) is 0 Å². The van der Waals surface area contributed by atoms with Gasteiger partial charge in [0.15, 0.2) is 0 Å². The highest BCUT2D eigenvalue weighted by molar-refractivity contribution is 14.1. The first-order valence-electron chi connectivity index (χ1n) is 13.2. The minimum Gasteiger partial charge on any atom is -0.488 e. The largest absolute Gasteiger partial charge is 0.488 e. The molecule has 1 N–H and O–H groups in total. The number of fused-ring (bicyclic) bond motifs is 1. The predicted octanol–water partition coefficient (Wildman–Crippen LogP) is 6.43. The van der Waals surface area contributed by atoms with Gasteiger partial charge in [0.2, 0.25) is 10.0 Å². The summed E-state index contributed by atoms with van der Waals surface area (Å²) in [5.41, 5.74) is 4.76. The Bertz CT molecular complexity index is 1560. The smallest absolute Gasteiger partial charge is 0.243 e. The molecule has 0 aromatic heterocycles. The summed E-state index contributed by atoms with van der Waals surface area (Å²) in [6.45, 7) is 4.19. The van der Waals surface area contributed by atoms with E-state index in [2.05, 4.69) is 22.6 Å². The third-order valence-corrected chi connectivity index (χ3v) is 10.4. The van der Waals surface area contributed by atoms with Gasteiger partial charge in [-0.1, -0.05) is 78.4 Å². The van der Waals surface area contributed by atoms with Crippen LogP contribution < -0.4 is 9.47 Å². The monoisotopic (exact) mass is 669 g/mol. The number of nitrogens with zero attached hydrogens (tertiary/aromatic N) is 1. The Balaban J connectivity index is 1.57. The van der Waals surface area contributed by atoms with E-state index in [1.807, 2.05) is 80.6 Å². The predicted molar refractivity (Wildman–Crippen MR) is 164 cm³/mol. The molecule has 0 bridgehead atoms. The maximum absolute atomic E-state index is 13.9. The van der Waals surface area contributed by atoms with Gasteiger partial charge in [-0.15, -0.1) is 0 Å². The molecule has 2 atom stereocenters. The van der Waals surface area contributed by atoms with Crippen molar-refractivity contribution in [2.24, 2.45) is 0 Å². The van der Waals surface area contributed by atoms with Gasteiger partial charge in [0.25, 0.3) is 0 Å². The molecule has 4 aromatic carbocycles. The van der Waals surface area contributed by atoms with E-state index < -0.39 is 22.1 Å². The molecule has 0 aliphatic carbocycles. The lowest BCUT2D eigenvalue weighted by atomic mass is 9.90. The van der Waals surface area contributed by atoms with Crippen LogP contribution >= 0.6 is 22.6 Å². The molecular formula is C32H32INO5S. The number of benzene rings is 4. The molecule has 0 fully saturated rings. The van der Waals surface area contributed by atoms with E-state index in [0.29, 0.717) is 31.1 Å². The van der Waals surface area contributed by atoms with Crippen molar-refractivity contribution >= 4 is 32.6 Å². The second-order valence-corrected chi connectivity index (χ2v) is 12.9. The van der Waals surface area contributed by atoms with E-state index in [0.717, 1.165) is 31.4 Å².